The van der Waals surface area contributed by atoms with Gasteiger partial charge in [0, 0.05) is 30.1 Å². The Kier molecular flexibility index (Phi) is 2.56. The summed E-state index contributed by atoms with van der Waals surface area (Å²) < 4.78 is 2.57. The van der Waals surface area contributed by atoms with Crippen LogP contribution in [0.25, 0.3) is 10.9 Å². The Morgan fingerprint density at radius 2 is 2.11 bits per heavy atom. The van der Waals surface area contributed by atoms with E-state index in [0.29, 0.717) is 4.77 Å². The van der Waals surface area contributed by atoms with Gasteiger partial charge in [0.15, 0.2) is 4.77 Å². The van der Waals surface area contributed by atoms with Gasteiger partial charge in [-0.05, 0) is 30.8 Å². The maximum absolute atomic E-state index is 5.14. The molecule has 0 saturated heterocycles. The maximum Gasteiger partial charge on any atom is 0.194 e. The standard InChI is InChI=1S/C13H14N4S/c1-8-10(7-12-15-16-13(18)17(12)2)9-5-3-4-6-11(9)14-8/h3-6,14H,7H2,1-2H3,(H,16,18). The molecule has 18 heavy (non-hydrogen) atoms. The van der Waals surface area contributed by atoms with Crippen molar-refractivity contribution in [2.45, 2.75) is 13.3 Å². The topological polar surface area (TPSA) is 49.4 Å². The number of H-pyrrole nitrogens is 2. The van der Waals surface area contributed by atoms with Crippen molar-refractivity contribution < 1.29 is 0 Å². The van der Waals surface area contributed by atoms with Crippen LogP contribution < -0.4 is 0 Å². The number of aromatic amines is 2. The highest BCUT2D eigenvalue weighted by molar-refractivity contribution is 7.71. The van der Waals surface area contributed by atoms with Crippen LogP contribution in [0.1, 0.15) is 17.1 Å². The molecule has 0 radical (unpaired) electrons. The molecule has 92 valence electrons. The molecule has 0 unspecified atom stereocenters. The van der Waals surface area contributed by atoms with E-state index in [1.54, 1.807) is 0 Å². The number of nitrogens with zero attached hydrogens (tertiary/aromatic N) is 2. The van der Waals surface area contributed by atoms with Gasteiger partial charge >= 0.3 is 0 Å². The highest BCUT2D eigenvalue weighted by atomic mass is 32.1. The van der Waals surface area contributed by atoms with E-state index in [2.05, 4.69) is 40.3 Å². The van der Waals surface area contributed by atoms with Gasteiger partial charge < -0.3 is 9.55 Å². The summed E-state index contributed by atoms with van der Waals surface area (Å²) in [4.78, 5) is 3.40. The molecule has 0 fully saturated rings. The highest BCUT2D eigenvalue weighted by Gasteiger charge is 2.11. The number of hydrogen-bond donors (Lipinski definition) is 2. The van der Waals surface area contributed by atoms with Gasteiger partial charge in [0.25, 0.3) is 0 Å². The van der Waals surface area contributed by atoms with E-state index in [9.17, 15) is 0 Å². The van der Waals surface area contributed by atoms with Crippen molar-refractivity contribution in [1.29, 1.82) is 0 Å². The Bertz CT molecular complexity index is 763. The van der Waals surface area contributed by atoms with Gasteiger partial charge in [-0.3, -0.25) is 5.10 Å². The van der Waals surface area contributed by atoms with E-state index in [0.717, 1.165) is 12.2 Å². The number of benzene rings is 1. The zero-order chi connectivity index (χ0) is 12.7. The van der Waals surface area contributed by atoms with Crippen LogP contribution in [0.5, 0.6) is 0 Å². The van der Waals surface area contributed by atoms with E-state index in [-0.39, 0.29) is 0 Å². The lowest BCUT2D eigenvalue weighted by Crippen LogP contribution is -2.00. The largest absolute Gasteiger partial charge is 0.358 e. The van der Waals surface area contributed by atoms with Crippen molar-refractivity contribution in [3.05, 3.63) is 46.1 Å². The summed E-state index contributed by atoms with van der Waals surface area (Å²) >= 11 is 5.14. The Balaban J connectivity index is 2.12. The smallest absolute Gasteiger partial charge is 0.194 e. The third-order valence-corrected chi connectivity index (χ3v) is 3.70. The molecule has 0 bridgehead atoms. The Morgan fingerprint density at radius 3 is 2.83 bits per heavy atom. The first kappa shape index (κ1) is 11.2. The molecule has 4 nitrogen and oxygen atoms in total. The quantitative estimate of drug-likeness (QED) is 0.694. The molecule has 1 aromatic carbocycles. The van der Waals surface area contributed by atoms with Gasteiger partial charge in [-0.2, -0.15) is 5.10 Å². The fraction of sp³-hybridized carbons (Fsp3) is 0.231. The van der Waals surface area contributed by atoms with Crippen LogP contribution in [0.4, 0.5) is 0 Å². The third-order valence-electron chi connectivity index (χ3n) is 3.33. The first-order valence-corrected chi connectivity index (χ1v) is 6.24. The van der Waals surface area contributed by atoms with E-state index in [1.165, 1.54) is 22.2 Å². The minimum Gasteiger partial charge on any atom is -0.358 e. The first-order valence-electron chi connectivity index (χ1n) is 5.83. The Morgan fingerprint density at radius 1 is 1.33 bits per heavy atom. The molecule has 0 aliphatic heterocycles. The number of fused-ring (bicyclic) bond motifs is 1. The first-order chi connectivity index (χ1) is 8.66. The highest BCUT2D eigenvalue weighted by Crippen LogP contribution is 2.23. The van der Waals surface area contributed by atoms with Gasteiger partial charge in [-0.1, -0.05) is 18.2 Å². The maximum atomic E-state index is 5.14. The molecule has 3 rings (SSSR count). The fourth-order valence-corrected chi connectivity index (χ4v) is 2.41. The van der Waals surface area contributed by atoms with Crippen molar-refractivity contribution in [1.82, 2.24) is 19.7 Å². The SMILES string of the molecule is Cc1[nH]c2ccccc2c1Cc1n[nH]c(=S)n1C. The predicted octanol–water partition coefficient (Wildman–Crippen LogP) is 2.86. The normalized spacial score (nSPS) is 11.2. The van der Waals surface area contributed by atoms with Gasteiger partial charge in [0.2, 0.25) is 0 Å². The third kappa shape index (κ3) is 1.67. The number of nitrogens with one attached hydrogen (secondary N) is 2. The molecule has 3 aromatic rings. The summed E-state index contributed by atoms with van der Waals surface area (Å²) in [5.74, 6) is 0.952. The van der Waals surface area contributed by atoms with E-state index in [1.807, 2.05) is 17.7 Å². The lowest BCUT2D eigenvalue weighted by Gasteiger charge is -2.01. The van der Waals surface area contributed by atoms with Crippen molar-refractivity contribution in [2.75, 3.05) is 0 Å². The molecule has 0 spiro atoms. The second-order valence-electron chi connectivity index (χ2n) is 4.45. The lowest BCUT2D eigenvalue weighted by atomic mass is 10.1. The summed E-state index contributed by atoms with van der Waals surface area (Å²) in [6.07, 6.45) is 0.777. The average Bonchev–Trinajstić information content (AvgIpc) is 2.85. The molecule has 0 atom stereocenters. The zero-order valence-electron chi connectivity index (χ0n) is 10.3. The molecular weight excluding hydrogens is 244 g/mol. The van der Waals surface area contributed by atoms with Crippen molar-refractivity contribution in [3.8, 4) is 0 Å². The van der Waals surface area contributed by atoms with Crippen LogP contribution in [-0.4, -0.2) is 19.7 Å². The molecule has 5 heteroatoms. The lowest BCUT2D eigenvalue weighted by molar-refractivity contribution is 0.813. The number of aromatic nitrogens is 4. The number of rotatable bonds is 2. The molecule has 2 aromatic heterocycles. The van der Waals surface area contributed by atoms with Gasteiger partial charge in [-0.25, -0.2) is 0 Å². The van der Waals surface area contributed by atoms with Crippen LogP contribution in [0.3, 0.4) is 0 Å². The average molecular weight is 258 g/mol. The summed E-state index contributed by atoms with van der Waals surface area (Å²) in [6.45, 7) is 2.09. The van der Waals surface area contributed by atoms with Gasteiger partial charge in [0.1, 0.15) is 5.82 Å². The molecule has 0 amide bonds. The van der Waals surface area contributed by atoms with E-state index >= 15 is 0 Å². The summed E-state index contributed by atoms with van der Waals surface area (Å²) in [5.41, 5.74) is 3.63. The molecule has 0 saturated carbocycles. The zero-order valence-corrected chi connectivity index (χ0v) is 11.1. The number of para-hydroxylation sites is 1. The van der Waals surface area contributed by atoms with Crippen LogP contribution in [0.2, 0.25) is 0 Å². The van der Waals surface area contributed by atoms with Gasteiger partial charge in [0.05, 0.1) is 0 Å². The van der Waals surface area contributed by atoms with Crippen LogP contribution in [0.15, 0.2) is 24.3 Å². The van der Waals surface area contributed by atoms with Crippen molar-refractivity contribution in [3.63, 3.8) is 0 Å². The minimum atomic E-state index is 0.655. The van der Waals surface area contributed by atoms with E-state index in [4.69, 9.17) is 12.2 Å². The minimum absolute atomic E-state index is 0.655. The predicted molar refractivity (Wildman–Crippen MR) is 74.2 cm³/mol. The monoisotopic (exact) mass is 258 g/mol. The van der Waals surface area contributed by atoms with E-state index < -0.39 is 0 Å². The van der Waals surface area contributed by atoms with Crippen LogP contribution in [-0.2, 0) is 13.5 Å². The number of aryl methyl sites for hydroxylation is 1. The molecular formula is C13H14N4S. The summed E-state index contributed by atoms with van der Waals surface area (Å²) in [6, 6.07) is 8.32. The second-order valence-corrected chi connectivity index (χ2v) is 4.84. The van der Waals surface area contributed by atoms with Crippen LogP contribution >= 0.6 is 12.2 Å². The molecule has 2 N–H and O–H groups in total. The molecule has 0 aliphatic rings. The fourth-order valence-electron chi connectivity index (χ4n) is 2.26. The summed E-state index contributed by atoms with van der Waals surface area (Å²) in [7, 11) is 1.94. The van der Waals surface area contributed by atoms with Crippen LogP contribution in [0, 0.1) is 11.7 Å². The number of hydrogen-bond acceptors (Lipinski definition) is 2. The van der Waals surface area contributed by atoms with Crippen molar-refractivity contribution >= 4 is 23.1 Å². The second kappa shape index (κ2) is 4.10. The molecule has 2 heterocycles. The Labute approximate surface area is 110 Å². The summed E-state index contributed by atoms with van der Waals surface area (Å²) in [5, 5.41) is 8.35. The molecule has 0 aliphatic carbocycles. The Hall–Kier alpha value is -1.88. The van der Waals surface area contributed by atoms with Crippen molar-refractivity contribution in [2.24, 2.45) is 7.05 Å². The van der Waals surface area contributed by atoms with Gasteiger partial charge in [-0.15, -0.1) is 0 Å².